The van der Waals surface area contributed by atoms with Gasteiger partial charge in [-0.25, -0.2) is 0 Å². The van der Waals surface area contributed by atoms with Crippen molar-refractivity contribution in [1.29, 1.82) is 0 Å². The van der Waals surface area contributed by atoms with E-state index in [2.05, 4.69) is 50.4 Å². The van der Waals surface area contributed by atoms with Gasteiger partial charge in [0.05, 0.1) is 6.04 Å². The van der Waals surface area contributed by atoms with Crippen LogP contribution in [-0.4, -0.2) is 26.6 Å². The van der Waals surface area contributed by atoms with Crippen molar-refractivity contribution in [3.63, 3.8) is 0 Å². The second kappa shape index (κ2) is 7.52. The minimum absolute atomic E-state index is 0.145. The number of hydrogen-bond donors (Lipinski definition) is 1. The third-order valence-electron chi connectivity index (χ3n) is 3.22. The molecule has 102 valence electrons. The SMILES string of the molecule is CCC(NC(C)C(OC)OC)c1ccc(C)cc1. The van der Waals surface area contributed by atoms with Crippen LogP contribution in [0.25, 0.3) is 0 Å². The number of nitrogens with one attached hydrogen (secondary N) is 1. The predicted molar refractivity (Wildman–Crippen MR) is 74.6 cm³/mol. The standard InChI is InChI=1S/C15H25NO2/c1-6-14(13-9-7-11(2)8-10-13)16-12(3)15(17-4)18-5/h7-10,12,14-16H,6H2,1-5H3. The summed E-state index contributed by atoms with van der Waals surface area (Å²) in [7, 11) is 3.33. The highest BCUT2D eigenvalue weighted by Crippen LogP contribution is 2.18. The summed E-state index contributed by atoms with van der Waals surface area (Å²) in [5, 5.41) is 3.55. The molecule has 0 saturated carbocycles. The van der Waals surface area contributed by atoms with Crippen molar-refractivity contribution in [2.45, 2.75) is 45.6 Å². The molecule has 1 N–H and O–H groups in total. The Kier molecular flexibility index (Phi) is 6.33. The molecule has 0 saturated heterocycles. The molecule has 0 aromatic heterocycles. The minimum Gasteiger partial charge on any atom is -0.354 e. The summed E-state index contributed by atoms with van der Waals surface area (Å²) < 4.78 is 10.6. The zero-order valence-corrected chi connectivity index (χ0v) is 12.1. The predicted octanol–water partition coefficient (Wildman–Crippen LogP) is 3.04. The molecule has 3 nitrogen and oxygen atoms in total. The largest absolute Gasteiger partial charge is 0.354 e. The Balaban J connectivity index is 2.69. The molecule has 0 amide bonds. The van der Waals surface area contributed by atoms with Gasteiger partial charge in [0.15, 0.2) is 6.29 Å². The highest BCUT2D eigenvalue weighted by Gasteiger charge is 2.19. The zero-order chi connectivity index (χ0) is 13.5. The highest BCUT2D eigenvalue weighted by molar-refractivity contribution is 5.24. The summed E-state index contributed by atoms with van der Waals surface area (Å²) in [5.74, 6) is 0. The second-order valence-corrected chi connectivity index (χ2v) is 4.67. The quantitative estimate of drug-likeness (QED) is 0.756. The Morgan fingerprint density at radius 1 is 1.11 bits per heavy atom. The van der Waals surface area contributed by atoms with E-state index in [1.54, 1.807) is 14.2 Å². The number of rotatable bonds is 7. The molecule has 3 heteroatoms. The maximum atomic E-state index is 5.28. The van der Waals surface area contributed by atoms with E-state index >= 15 is 0 Å². The second-order valence-electron chi connectivity index (χ2n) is 4.67. The molecule has 0 aliphatic heterocycles. The first-order valence-electron chi connectivity index (χ1n) is 6.50. The number of hydrogen-bond acceptors (Lipinski definition) is 3. The molecule has 0 fully saturated rings. The van der Waals surface area contributed by atoms with Gasteiger partial charge in [-0.05, 0) is 25.8 Å². The molecule has 1 rings (SSSR count). The van der Waals surface area contributed by atoms with Crippen molar-refractivity contribution < 1.29 is 9.47 Å². The third-order valence-corrected chi connectivity index (χ3v) is 3.22. The molecular weight excluding hydrogens is 226 g/mol. The van der Waals surface area contributed by atoms with E-state index < -0.39 is 0 Å². The fourth-order valence-corrected chi connectivity index (χ4v) is 2.15. The summed E-state index contributed by atoms with van der Waals surface area (Å²) >= 11 is 0. The Morgan fingerprint density at radius 2 is 1.67 bits per heavy atom. The number of aryl methyl sites for hydroxylation is 1. The van der Waals surface area contributed by atoms with Gasteiger partial charge in [-0.3, -0.25) is 0 Å². The summed E-state index contributed by atoms with van der Waals surface area (Å²) in [5.41, 5.74) is 2.59. The maximum Gasteiger partial charge on any atom is 0.171 e. The first-order valence-corrected chi connectivity index (χ1v) is 6.50. The average molecular weight is 251 g/mol. The summed E-state index contributed by atoms with van der Waals surface area (Å²) in [6.45, 7) is 6.36. The van der Waals surface area contributed by atoms with E-state index in [4.69, 9.17) is 9.47 Å². The van der Waals surface area contributed by atoms with Crippen LogP contribution in [0.5, 0.6) is 0 Å². The van der Waals surface area contributed by atoms with Crippen LogP contribution in [-0.2, 0) is 9.47 Å². The maximum absolute atomic E-state index is 5.28. The van der Waals surface area contributed by atoms with E-state index in [9.17, 15) is 0 Å². The van der Waals surface area contributed by atoms with E-state index in [-0.39, 0.29) is 12.3 Å². The Labute approximate surface area is 110 Å². The Bertz CT molecular complexity index is 333. The van der Waals surface area contributed by atoms with Gasteiger partial charge in [-0.2, -0.15) is 0 Å². The van der Waals surface area contributed by atoms with Crippen molar-refractivity contribution >= 4 is 0 Å². The molecule has 1 aromatic rings. The lowest BCUT2D eigenvalue weighted by atomic mass is 10.0. The molecule has 2 unspecified atom stereocenters. The smallest absolute Gasteiger partial charge is 0.171 e. The van der Waals surface area contributed by atoms with Crippen LogP contribution in [0.4, 0.5) is 0 Å². The molecule has 0 spiro atoms. The van der Waals surface area contributed by atoms with Gasteiger partial charge in [0.2, 0.25) is 0 Å². The number of methoxy groups -OCH3 is 2. The van der Waals surface area contributed by atoms with Crippen molar-refractivity contribution in [2.24, 2.45) is 0 Å². The van der Waals surface area contributed by atoms with Gasteiger partial charge >= 0.3 is 0 Å². The molecule has 0 heterocycles. The van der Waals surface area contributed by atoms with Gasteiger partial charge in [0.25, 0.3) is 0 Å². The average Bonchev–Trinajstić information content (AvgIpc) is 2.38. The summed E-state index contributed by atoms with van der Waals surface area (Å²) in [4.78, 5) is 0. The van der Waals surface area contributed by atoms with Crippen molar-refractivity contribution in [1.82, 2.24) is 5.32 Å². The third kappa shape index (κ3) is 4.09. The van der Waals surface area contributed by atoms with Crippen molar-refractivity contribution in [3.8, 4) is 0 Å². The van der Waals surface area contributed by atoms with Gasteiger partial charge < -0.3 is 14.8 Å². The van der Waals surface area contributed by atoms with Crippen molar-refractivity contribution in [3.05, 3.63) is 35.4 Å². The van der Waals surface area contributed by atoms with Crippen LogP contribution in [0.3, 0.4) is 0 Å². The van der Waals surface area contributed by atoms with Crippen LogP contribution >= 0.6 is 0 Å². The van der Waals surface area contributed by atoms with E-state index in [1.165, 1.54) is 11.1 Å². The fourth-order valence-electron chi connectivity index (χ4n) is 2.15. The first-order chi connectivity index (χ1) is 8.62. The Hall–Kier alpha value is -0.900. The first kappa shape index (κ1) is 15.2. The summed E-state index contributed by atoms with van der Waals surface area (Å²) in [6.07, 6.45) is 0.817. The van der Waals surface area contributed by atoms with E-state index in [0.717, 1.165) is 6.42 Å². The fraction of sp³-hybridized carbons (Fsp3) is 0.600. The van der Waals surface area contributed by atoms with E-state index in [1.807, 2.05) is 0 Å². The van der Waals surface area contributed by atoms with Gasteiger partial charge in [0, 0.05) is 20.3 Å². The molecule has 2 atom stereocenters. The normalized spacial score (nSPS) is 14.8. The molecule has 0 aliphatic carbocycles. The molecule has 0 aliphatic rings. The van der Waals surface area contributed by atoms with Gasteiger partial charge in [-0.1, -0.05) is 36.8 Å². The number of ether oxygens (including phenoxy) is 2. The molecular formula is C15H25NO2. The highest BCUT2D eigenvalue weighted by atomic mass is 16.7. The van der Waals surface area contributed by atoms with Gasteiger partial charge in [0.1, 0.15) is 0 Å². The molecule has 18 heavy (non-hydrogen) atoms. The van der Waals surface area contributed by atoms with Crippen LogP contribution in [0.1, 0.15) is 37.4 Å². The van der Waals surface area contributed by atoms with E-state index in [0.29, 0.717) is 6.04 Å². The van der Waals surface area contributed by atoms with Crippen LogP contribution in [0.15, 0.2) is 24.3 Å². The Morgan fingerprint density at radius 3 is 2.11 bits per heavy atom. The summed E-state index contributed by atoms with van der Waals surface area (Å²) in [6, 6.07) is 9.12. The van der Waals surface area contributed by atoms with Crippen LogP contribution in [0, 0.1) is 6.92 Å². The van der Waals surface area contributed by atoms with Crippen molar-refractivity contribution in [2.75, 3.05) is 14.2 Å². The monoisotopic (exact) mass is 251 g/mol. The lowest BCUT2D eigenvalue weighted by Gasteiger charge is -2.27. The van der Waals surface area contributed by atoms with Crippen LogP contribution < -0.4 is 5.32 Å². The molecule has 0 bridgehead atoms. The molecule has 1 aromatic carbocycles. The zero-order valence-electron chi connectivity index (χ0n) is 12.1. The molecule has 0 radical (unpaired) electrons. The van der Waals surface area contributed by atoms with Gasteiger partial charge in [-0.15, -0.1) is 0 Å². The van der Waals surface area contributed by atoms with Crippen LogP contribution in [0.2, 0.25) is 0 Å². The lowest BCUT2D eigenvalue weighted by molar-refractivity contribution is -0.121. The number of benzene rings is 1. The minimum atomic E-state index is -0.218. The lowest BCUT2D eigenvalue weighted by Crippen LogP contribution is -2.41. The topological polar surface area (TPSA) is 30.5 Å².